The molecular formula is C55H94N6O20. The normalized spacial score (nSPS) is 11.7. The van der Waals surface area contributed by atoms with Gasteiger partial charge in [0.15, 0.2) is 0 Å². The Balaban J connectivity index is 2.18. The highest BCUT2D eigenvalue weighted by Gasteiger charge is 2.25. The molecule has 0 aliphatic heterocycles. The second-order valence-electron chi connectivity index (χ2n) is 18.1. The summed E-state index contributed by atoms with van der Waals surface area (Å²) in [5, 5.41) is 55.2. The highest BCUT2D eigenvalue weighted by Crippen LogP contribution is 2.28. The van der Waals surface area contributed by atoms with Crippen LogP contribution in [-0.2, 0) is 69.9 Å². The molecule has 0 unspecified atom stereocenters. The maximum atomic E-state index is 9.41. The minimum absolute atomic E-state index is 0.0633. The highest BCUT2D eigenvalue weighted by atomic mass is 16.6. The fourth-order valence-electron chi connectivity index (χ4n) is 7.27. The molecule has 2 aromatic carbocycles. The smallest absolute Gasteiger partial charge is 0.232 e. The molecule has 26 heteroatoms. The Labute approximate surface area is 477 Å². The van der Waals surface area contributed by atoms with E-state index >= 15 is 0 Å². The predicted molar refractivity (Wildman–Crippen MR) is 300 cm³/mol. The van der Waals surface area contributed by atoms with Crippen molar-refractivity contribution in [1.82, 2.24) is 15.0 Å². The number of aliphatic hydroxyl groups is 6. The van der Waals surface area contributed by atoms with E-state index in [2.05, 4.69) is 0 Å². The van der Waals surface area contributed by atoms with E-state index in [0.717, 1.165) is 11.1 Å². The zero-order valence-electron chi connectivity index (χ0n) is 47.9. The molecule has 0 aliphatic carbocycles. The van der Waals surface area contributed by atoms with Gasteiger partial charge in [-0.3, -0.25) is 0 Å². The summed E-state index contributed by atoms with van der Waals surface area (Å²) in [6.45, 7) is 11.7. The van der Waals surface area contributed by atoms with Crippen LogP contribution in [-0.4, -0.2) is 282 Å². The SMILES string of the molecule is CC(C)(COCCO)OCCN(Cc1ccccc1OCCOCCOCCO)c1nc(N(CCOCCOCCO)CCOCCOCCO)nc(N(CCOCCOCCO)Cc2ccccc2OCCOCCOCCO)n1. The van der Waals surface area contributed by atoms with E-state index in [1.54, 1.807) is 0 Å². The summed E-state index contributed by atoms with van der Waals surface area (Å²) in [6, 6.07) is 15.4. The summed E-state index contributed by atoms with van der Waals surface area (Å²) in [5.74, 6) is 2.18. The minimum atomic E-state index is -0.722. The van der Waals surface area contributed by atoms with Crippen molar-refractivity contribution in [3.05, 3.63) is 59.7 Å². The molecule has 0 radical (unpaired) electrons. The molecule has 464 valence electrons. The lowest BCUT2D eigenvalue weighted by molar-refractivity contribution is -0.0765. The Bertz CT molecular complexity index is 1920. The number of rotatable bonds is 57. The van der Waals surface area contributed by atoms with E-state index < -0.39 is 5.60 Å². The van der Waals surface area contributed by atoms with Crippen molar-refractivity contribution in [2.45, 2.75) is 32.5 Å². The van der Waals surface area contributed by atoms with Crippen molar-refractivity contribution in [3.8, 4) is 11.5 Å². The molecule has 6 N–H and O–H groups in total. The van der Waals surface area contributed by atoms with Crippen LogP contribution in [0.1, 0.15) is 25.0 Å². The van der Waals surface area contributed by atoms with Gasteiger partial charge < -0.3 is 112 Å². The first kappa shape index (κ1) is 71.0. The Kier molecular flexibility index (Phi) is 42.2. The lowest BCUT2D eigenvalue weighted by Crippen LogP contribution is -2.38. The number of ether oxygens (including phenoxy) is 14. The molecule has 0 saturated heterocycles. The van der Waals surface area contributed by atoms with Gasteiger partial charge in [-0.1, -0.05) is 36.4 Å². The van der Waals surface area contributed by atoms with Crippen LogP contribution < -0.4 is 24.2 Å². The van der Waals surface area contributed by atoms with Gasteiger partial charge in [-0.15, -0.1) is 0 Å². The number of para-hydroxylation sites is 2. The van der Waals surface area contributed by atoms with Crippen LogP contribution in [0.4, 0.5) is 17.8 Å². The van der Waals surface area contributed by atoms with E-state index in [1.165, 1.54) is 0 Å². The van der Waals surface area contributed by atoms with Crippen LogP contribution in [0.5, 0.6) is 11.5 Å². The number of anilines is 3. The molecular weight excluding hydrogens is 1060 g/mol. The van der Waals surface area contributed by atoms with Crippen molar-refractivity contribution in [2.24, 2.45) is 0 Å². The Morgan fingerprint density at radius 3 is 0.988 bits per heavy atom. The molecule has 0 amide bonds. The highest BCUT2D eigenvalue weighted by molar-refractivity contribution is 5.49. The Morgan fingerprint density at radius 2 is 0.617 bits per heavy atom. The van der Waals surface area contributed by atoms with Gasteiger partial charge >= 0.3 is 0 Å². The van der Waals surface area contributed by atoms with Crippen molar-refractivity contribution in [2.75, 3.05) is 246 Å². The predicted octanol–water partition coefficient (Wildman–Crippen LogP) is 0.380. The lowest BCUT2D eigenvalue weighted by Gasteiger charge is -2.31. The van der Waals surface area contributed by atoms with Crippen molar-refractivity contribution in [3.63, 3.8) is 0 Å². The van der Waals surface area contributed by atoms with Crippen molar-refractivity contribution in [1.29, 1.82) is 0 Å². The molecule has 0 aliphatic rings. The Morgan fingerprint density at radius 1 is 0.333 bits per heavy atom. The van der Waals surface area contributed by atoms with Gasteiger partial charge in [0.05, 0.1) is 197 Å². The minimum Gasteiger partial charge on any atom is -0.491 e. The monoisotopic (exact) mass is 1160 g/mol. The van der Waals surface area contributed by atoms with Crippen molar-refractivity contribution >= 4 is 17.8 Å². The molecule has 3 aromatic rings. The molecule has 0 fully saturated rings. The third kappa shape index (κ3) is 34.2. The zero-order chi connectivity index (χ0) is 58.1. The number of benzene rings is 2. The molecule has 1 heterocycles. The number of hydrogen-bond acceptors (Lipinski definition) is 26. The fraction of sp³-hybridized carbons (Fsp3) is 0.727. The van der Waals surface area contributed by atoms with Gasteiger partial charge in [-0.25, -0.2) is 0 Å². The van der Waals surface area contributed by atoms with E-state index in [0.29, 0.717) is 102 Å². The van der Waals surface area contributed by atoms with E-state index in [9.17, 15) is 20.4 Å². The Hall–Kier alpha value is -4.27. The zero-order valence-corrected chi connectivity index (χ0v) is 47.9. The van der Waals surface area contributed by atoms with E-state index in [4.69, 9.17) is 91.5 Å². The summed E-state index contributed by atoms with van der Waals surface area (Å²) < 4.78 is 81.4. The first-order chi connectivity index (χ1) is 39.8. The quantitative estimate of drug-likeness (QED) is 0.0417. The third-order valence-corrected chi connectivity index (χ3v) is 11.2. The largest absolute Gasteiger partial charge is 0.491 e. The van der Waals surface area contributed by atoms with Crippen LogP contribution in [0.3, 0.4) is 0 Å². The summed E-state index contributed by atoms with van der Waals surface area (Å²) in [7, 11) is 0. The van der Waals surface area contributed by atoms with Crippen LogP contribution in [0.2, 0.25) is 0 Å². The van der Waals surface area contributed by atoms with Gasteiger partial charge in [0.25, 0.3) is 0 Å². The van der Waals surface area contributed by atoms with Crippen LogP contribution >= 0.6 is 0 Å². The maximum Gasteiger partial charge on any atom is 0.232 e. The van der Waals surface area contributed by atoms with Crippen LogP contribution in [0.15, 0.2) is 48.5 Å². The molecule has 0 atom stereocenters. The standard InChI is InChI=1S/C55H94N6O20/c1-55(2,47-78-30-20-67)81-24-14-61(46-49-8-4-6-10-51(49)80-44-42-77-40-38-75-29-19-66)54-57-52(59(11-21-68-31-34-71-25-15-62)12-22-69-32-35-72-26-16-63)56-53(58-54)60(13-23-70-33-36-73-27-17-64)45-48-7-3-5-9-50(48)79-43-41-76-39-37-74-28-18-65/h3-10,62-67H,11-47H2,1-2H3. The second kappa shape index (κ2) is 48.1. The van der Waals surface area contributed by atoms with E-state index in [-0.39, 0.29) is 172 Å². The summed E-state index contributed by atoms with van der Waals surface area (Å²) in [5.41, 5.74) is 0.928. The van der Waals surface area contributed by atoms with Gasteiger partial charge in [0, 0.05) is 50.4 Å². The third-order valence-electron chi connectivity index (χ3n) is 11.2. The number of aliphatic hydroxyl groups excluding tert-OH is 6. The first-order valence-electron chi connectivity index (χ1n) is 27.9. The first-order valence-corrected chi connectivity index (χ1v) is 27.9. The number of nitrogens with zero attached hydrogens (tertiary/aromatic N) is 6. The fourth-order valence-corrected chi connectivity index (χ4v) is 7.27. The molecule has 81 heavy (non-hydrogen) atoms. The van der Waals surface area contributed by atoms with Gasteiger partial charge in [0.1, 0.15) is 24.7 Å². The van der Waals surface area contributed by atoms with Crippen molar-refractivity contribution < 1.29 is 97.0 Å². The lowest BCUT2D eigenvalue weighted by atomic mass is 10.1. The molecule has 0 bridgehead atoms. The molecule has 0 spiro atoms. The summed E-state index contributed by atoms with van der Waals surface area (Å²) in [4.78, 5) is 21.6. The van der Waals surface area contributed by atoms with Crippen LogP contribution in [0, 0.1) is 0 Å². The topological polar surface area (TPSA) is 299 Å². The second-order valence-corrected chi connectivity index (χ2v) is 18.1. The molecule has 1 aromatic heterocycles. The molecule has 0 saturated carbocycles. The van der Waals surface area contributed by atoms with Gasteiger partial charge in [-0.05, 0) is 26.0 Å². The van der Waals surface area contributed by atoms with Crippen LogP contribution in [0.25, 0.3) is 0 Å². The number of aromatic nitrogens is 3. The average Bonchev–Trinajstić information content (AvgIpc) is 3.47. The molecule has 3 rings (SSSR count). The van der Waals surface area contributed by atoms with Gasteiger partial charge in [0.2, 0.25) is 17.8 Å². The maximum absolute atomic E-state index is 9.41. The van der Waals surface area contributed by atoms with Gasteiger partial charge in [-0.2, -0.15) is 15.0 Å². The number of hydrogen-bond donors (Lipinski definition) is 6. The molecule has 26 nitrogen and oxygen atoms in total. The average molecular weight is 1160 g/mol. The summed E-state index contributed by atoms with van der Waals surface area (Å²) >= 11 is 0. The van der Waals surface area contributed by atoms with E-state index in [1.807, 2.05) is 77.1 Å². The summed E-state index contributed by atoms with van der Waals surface area (Å²) in [6.07, 6.45) is 0.